The zero-order chi connectivity index (χ0) is 31.9. The standard InChI is InChI=1S/C38H61O3P/c1-14-15-16-17-18-19-20-38(41-42(39)40)32-26(22-28(34(2,3)4)24-30(32)36(8,9)10)21-27-23-29(35(5,6)7)25-31(33(27)38)37(11,12)13/h22-25,39-40H,14-21H2,1-13H3. The summed E-state index contributed by atoms with van der Waals surface area (Å²) in [6, 6.07) is 9.57. The molecule has 0 amide bonds. The third-order valence-electron chi connectivity index (χ3n) is 9.10. The summed E-state index contributed by atoms with van der Waals surface area (Å²) in [5, 5.41) is 0. The maximum atomic E-state index is 10.7. The molecule has 42 heavy (non-hydrogen) atoms. The Bertz CT molecular complexity index is 1150. The van der Waals surface area contributed by atoms with E-state index in [0.29, 0.717) is 0 Å². The molecule has 2 N–H and O–H groups in total. The van der Waals surface area contributed by atoms with Crippen LogP contribution >= 0.6 is 8.60 Å². The lowest BCUT2D eigenvalue weighted by Gasteiger charge is -2.47. The number of rotatable bonds is 9. The van der Waals surface area contributed by atoms with Crippen LogP contribution < -0.4 is 0 Å². The van der Waals surface area contributed by atoms with Crippen molar-refractivity contribution in [1.82, 2.24) is 0 Å². The molecule has 0 bridgehead atoms. The Kier molecular flexibility index (Phi) is 10.6. The Labute approximate surface area is 259 Å². The van der Waals surface area contributed by atoms with Crippen molar-refractivity contribution in [3.05, 3.63) is 68.8 Å². The zero-order valence-electron chi connectivity index (χ0n) is 29.2. The highest BCUT2D eigenvalue weighted by atomic mass is 31.2. The van der Waals surface area contributed by atoms with Crippen molar-refractivity contribution >= 4 is 8.60 Å². The van der Waals surface area contributed by atoms with Gasteiger partial charge in [0.25, 0.3) is 0 Å². The van der Waals surface area contributed by atoms with Gasteiger partial charge in [-0.25, -0.2) is 0 Å². The molecule has 0 spiro atoms. The van der Waals surface area contributed by atoms with Crippen molar-refractivity contribution in [2.24, 2.45) is 0 Å². The lowest BCUT2D eigenvalue weighted by Crippen LogP contribution is -2.41. The highest BCUT2D eigenvalue weighted by Gasteiger charge is 2.49. The Morgan fingerprint density at radius 1 is 0.619 bits per heavy atom. The van der Waals surface area contributed by atoms with E-state index in [1.165, 1.54) is 70.2 Å². The van der Waals surface area contributed by atoms with E-state index < -0.39 is 14.2 Å². The van der Waals surface area contributed by atoms with Gasteiger partial charge in [-0.3, -0.25) is 4.52 Å². The van der Waals surface area contributed by atoms with Crippen molar-refractivity contribution in [1.29, 1.82) is 0 Å². The molecule has 0 radical (unpaired) electrons. The van der Waals surface area contributed by atoms with Gasteiger partial charge in [0.2, 0.25) is 0 Å². The first-order valence-electron chi connectivity index (χ1n) is 16.4. The van der Waals surface area contributed by atoms with Crippen LogP contribution in [0.3, 0.4) is 0 Å². The van der Waals surface area contributed by atoms with Gasteiger partial charge in [-0.05, 0) is 85.4 Å². The van der Waals surface area contributed by atoms with Crippen LogP contribution in [0, 0.1) is 0 Å². The number of fused-ring (bicyclic) bond motifs is 2. The molecule has 2 aromatic rings. The molecule has 0 aromatic heterocycles. The van der Waals surface area contributed by atoms with Crippen molar-refractivity contribution in [2.75, 3.05) is 0 Å². The van der Waals surface area contributed by atoms with E-state index in [1.54, 1.807) is 0 Å². The molecule has 0 fully saturated rings. The molecule has 3 nitrogen and oxygen atoms in total. The Morgan fingerprint density at radius 2 is 1.02 bits per heavy atom. The maximum absolute atomic E-state index is 10.7. The van der Waals surface area contributed by atoms with Gasteiger partial charge in [0.15, 0.2) is 0 Å². The van der Waals surface area contributed by atoms with E-state index in [9.17, 15) is 9.79 Å². The van der Waals surface area contributed by atoms with Crippen LogP contribution in [-0.2, 0) is 38.2 Å². The van der Waals surface area contributed by atoms with Crippen LogP contribution in [0.1, 0.15) is 179 Å². The Balaban J connectivity index is 2.49. The number of unbranched alkanes of at least 4 members (excludes halogenated alkanes) is 5. The van der Waals surface area contributed by atoms with E-state index in [2.05, 4.69) is 114 Å². The minimum absolute atomic E-state index is 0.0114. The molecule has 3 rings (SSSR count). The van der Waals surface area contributed by atoms with Gasteiger partial charge in [0, 0.05) is 0 Å². The molecule has 0 atom stereocenters. The van der Waals surface area contributed by atoms with Gasteiger partial charge in [-0.2, -0.15) is 0 Å². The summed E-state index contributed by atoms with van der Waals surface area (Å²) < 4.78 is 6.66. The van der Waals surface area contributed by atoms with Gasteiger partial charge < -0.3 is 9.79 Å². The molecular formula is C38H61O3P. The molecule has 0 heterocycles. The van der Waals surface area contributed by atoms with Crippen molar-refractivity contribution in [3.8, 4) is 0 Å². The van der Waals surface area contributed by atoms with E-state index in [4.69, 9.17) is 4.52 Å². The summed E-state index contributed by atoms with van der Waals surface area (Å²) >= 11 is 0. The smallest absolute Gasteiger partial charge is 0.328 e. The average molecular weight is 597 g/mol. The fourth-order valence-corrected chi connectivity index (χ4v) is 7.25. The van der Waals surface area contributed by atoms with Crippen LogP contribution in [0.2, 0.25) is 0 Å². The molecule has 0 saturated carbocycles. The highest BCUT2D eigenvalue weighted by Crippen LogP contribution is 2.57. The second kappa shape index (κ2) is 12.6. The maximum Gasteiger partial charge on any atom is 0.328 e. The van der Waals surface area contributed by atoms with E-state index in [-0.39, 0.29) is 21.7 Å². The molecule has 4 heteroatoms. The molecule has 0 unspecified atom stereocenters. The lowest BCUT2D eigenvalue weighted by atomic mass is 9.62. The molecular weight excluding hydrogens is 535 g/mol. The van der Waals surface area contributed by atoms with Crippen LogP contribution in [0.4, 0.5) is 0 Å². The highest BCUT2D eigenvalue weighted by molar-refractivity contribution is 7.39. The predicted molar refractivity (Wildman–Crippen MR) is 182 cm³/mol. The van der Waals surface area contributed by atoms with Gasteiger partial charge in [-0.15, -0.1) is 0 Å². The summed E-state index contributed by atoms with van der Waals surface area (Å²) in [7, 11) is -2.61. The molecule has 1 aliphatic carbocycles. The van der Waals surface area contributed by atoms with E-state index in [1.807, 2.05) is 0 Å². The van der Waals surface area contributed by atoms with Crippen molar-refractivity contribution < 1.29 is 14.3 Å². The van der Waals surface area contributed by atoms with Crippen LogP contribution in [0.15, 0.2) is 24.3 Å². The molecule has 236 valence electrons. The summed E-state index contributed by atoms with van der Waals surface area (Å²) in [4.78, 5) is 21.5. The summed E-state index contributed by atoms with van der Waals surface area (Å²) in [5.74, 6) is 0. The average Bonchev–Trinajstić information content (AvgIpc) is 2.82. The van der Waals surface area contributed by atoms with Gasteiger partial charge in [0.1, 0.15) is 5.60 Å². The topological polar surface area (TPSA) is 49.7 Å². The number of benzene rings is 2. The van der Waals surface area contributed by atoms with Gasteiger partial charge in [0.05, 0.1) is 0 Å². The summed E-state index contributed by atoms with van der Waals surface area (Å²) in [6.07, 6.45) is 8.56. The predicted octanol–water partition coefficient (Wildman–Crippen LogP) is 11.0. The van der Waals surface area contributed by atoms with Gasteiger partial charge in [-0.1, -0.05) is 146 Å². The zero-order valence-corrected chi connectivity index (χ0v) is 30.1. The van der Waals surface area contributed by atoms with E-state index >= 15 is 0 Å². The second-order valence-electron chi connectivity index (χ2n) is 17.0. The second-order valence-corrected chi connectivity index (χ2v) is 17.7. The molecule has 1 aliphatic rings. The monoisotopic (exact) mass is 596 g/mol. The largest absolute Gasteiger partial charge is 0.328 e. The van der Waals surface area contributed by atoms with Crippen molar-refractivity contribution in [3.63, 3.8) is 0 Å². The lowest BCUT2D eigenvalue weighted by molar-refractivity contribution is 0.0717. The summed E-state index contributed by atoms with van der Waals surface area (Å²) in [6.45, 7) is 29.7. The van der Waals surface area contributed by atoms with Crippen LogP contribution in [0.25, 0.3) is 0 Å². The fourth-order valence-electron chi connectivity index (χ4n) is 6.70. The number of hydrogen-bond donors (Lipinski definition) is 2. The number of hydrogen-bond acceptors (Lipinski definition) is 3. The van der Waals surface area contributed by atoms with Crippen LogP contribution in [0.5, 0.6) is 0 Å². The Morgan fingerprint density at radius 3 is 1.38 bits per heavy atom. The van der Waals surface area contributed by atoms with E-state index in [0.717, 1.165) is 25.7 Å². The first-order valence-corrected chi connectivity index (χ1v) is 17.5. The third-order valence-corrected chi connectivity index (χ3v) is 9.57. The Hall–Kier alpha value is -1.25. The SMILES string of the molecule is CCCCCCCCC1(OP(O)O)c2c(cc(C(C)(C)C)cc2C(C)(C)C)Cc2cc(C(C)(C)C)cc(C(C)(C)C)c21. The first-order chi connectivity index (χ1) is 19.1. The minimum Gasteiger partial charge on any atom is -0.328 e. The molecule has 0 aliphatic heterocycles. The van der Waals surface area contributed by atoms with Gasteiger partial charge >= 0.3 is 8.60 Å². The normalized spacial score (nSPS) is 15.6. The van der Waals surface area contributed by atoms with Crippen molar-refractivity contribution in [2.45, 2.75) is 169 Å². The van der Waals surface area contributed by atoms with Crippen LogP contribution in [-0.4, -0.2) is 9.79 Å². The molecule has 2 aromatic carbocycles. The quantitative estimate of drug-likeness (QED) is 0.224. The minimum atomic E-state index is -2.61. The fraction of sp³-hybridized carbons (Fsp3) is 0.684. The third kappa shape index (κ3) is 7.69. The molecule has 0 saturated heterocycles. The first kappa shape index (κ1) is 35.2. The summed E-state index contributed by atoms with van der Waals surface area (Å²) in [5.41, 5.74) is 8.80.